The minimum Gasteiger partial charge on any atom is -0.350 e. The minimum atomic E-state index is -0.415. The van der Waals surface area contributed by atoms with Gasteiger partial charge < -0.3 is 5.32 Å². The Morgan fingerprint density at radius 1 is 1.24 bits per heavy atom. The molecule has 0 unspecified atom stereocenters. The SMILES string of the molecule is Cc1ncc(C(C)(C)NC=O)c2ccccc12. The highest BCUT2D eigenvalue weighted by molar-refractivity contribution is 5.88. The Morgan fingerprint density at radius 3 is 2.53 bits per heavy atom. The van der Waals surface area contributed by atoms with Crippen LogP contribution in [0.25, 0.3) is 10.8 Å². The Morgan fingerprint density at radius 2 is 1.88 bits per heavy atom. The molecule has 0 radical (unpaired) electrons. The molecule has 1 aromatic heterocycles. The third-order valence-corrected chi connectivity index (χ3v) is 3.09. The predicted molar refractivity (Wildman–Crippen MR) is 68.7 cm³/mol. The predicted octanol–water partition coefficient (Wildman–Crippen LogP) is 2.52. The van der Waals surface area contributed by atoms with Gasteiger partial charge in [0.05, 0.1) is 5.54 Å². The summed E-state index contributed by atoms with van der Waals surface area (Å²) < 4.78 is 0. The smallest absolute Gasteiger partial charge is 0.207 e. The van der Waals surface area contributed by atoms with Crippen molar-refractivity contribution >= 4 is 17.2 Å². The second-order valence-electron chi connectivity index (χ2n) is 4.69. The summed E-state index contributed by atoms with van der Waals surface area (Å²) in [6.45, 7) is 5.94. The van der Waals surface area contributed by atoms with Crippen molar-refractivity contribution < 1.29 is 4.79 Å². The Labute approximate surface area is 101 Å². The highest BCUT2D eigenvalue weighted by Gasteiger charge is 2.22. The lowest BCUT2D eigenvalue weighted by Gasteiger charge is -2.26. The molecule has 1 N–H and O–H groups in total. The van der Waals surface area contributed by atoms with Gasteiger partial charge in [-0.3, -0.25) is 9.78 Å². The van der Waals surface area contributed by atoms with E-state index in [1.54, 1.807) is 0 Å². The Kier molecular flexibility index (Phi) is 2.84. The molecule has 0 aliphatic heterocycles. The number of rotatable bonds is 3. The number of pyridine rings is 1. The monoisotopic (exact) mass is 228 g/mol. The zero-order chi connectivity index (χ0) is 12.5. The number of amides is 1. The summed E-state index contributed by atoms with van der Waals surface area (Å²) in [5, 5.41) is 5.10. The first-order chi connectivity index (χ1) is 8.06. The number of aromatic nitrogens is 1. The molecule has 0 bridgehead atoms. The molecule has 2 rings (SSSR count). The zero-order valence-electron chi connectivity index (χ0n) is 10.3. The molecule has 3 nitrogen and oxygen atoms in total. The summed E-state index contributed by atoms with van der Waals surface area (Å²) in [6.07, 6.45) is 2.57. The lowest BCUT2D eigenvalue weighted by atomic mass is 9.91. The third kappa shape index (κ3) is 2.00. The summed E-state index contributed by atoms with van der Waals surface area (Å²) in [5.74, 6) is 0. The van der Waals surface area contributed by atoms with E-state index in [-0.39, 0.29) is 0 Å². The van der Waals surface area contributed by atoms with Gasteiger partial charge in [-0.25, -0.2) is 0 Å². The van der Waals surface area contributed by atoms with Crippen molar-refractivity contribution in [1.82, 2.24) is 10.3 Å². The van der Waals surface area contributed by atoms with E-state index < -0.39 is 5.54 Å². The Bertz CT molecular complexity index is 561. The molecule has 0 saturated carbocycles. The molecule has 0 atom stereocenters. The van der Waals surface area contributed by atoms with E-state index in [4.69, 9.17) is 0 Å². The topological polar surface area (TPSA) is 42.0 Å². The molecule has 0 fully saturated rings. The Hall–Kier alpha value is -1.90. The van der Waals surface area contributed by atoms with Crippen molar-refractivity contribution in [2.45, 2.75) is 26.3 Å². The standard InChI is InChI=1S/C14H16N2O/c1-10-11-6-4-5-7-12(11)13(8-15-10)14(2,3)16-9-17/h4-9H,1-3H3,(H,16,17). The van der Waals surface area contributed by atoms with E-state index in [1.165, 1.54) is 0 Å². The van der Waals surface area contributed by atoms with Crippen molar-refractivity contribution in [2.75, 3.05) is 0 Å². The van der Waals surface area contributed by atoms with Crippen LogP contribution in [0.4, 0.5) is 0 Å². The molecular formula is C14H16N2O. The van der Waals surface area contributed by atoms with Gasteiger partial charge in [0.25, 0.3) is 0 Å². The van der Waals surface area contributed by atoms with Crippen LogP contribution in [0.15, 0.2) is 30.5 Å². The van der Waals surface area contributed by atoms with Gasteiger partial charge in [-0.1, -0.05) is 24.3 Å². The van der Waals surface area contributed by atoms with Gasteiger partial charge in [-0.15, -0.1) is 0 Å². The summed E-state index contributed by atoms with van der Waals surface area (Å²) in [4.78, 5) is 15.1. The van der Waals surface area contributed by atoms with Gasteiger partial charge in [0.2, 0.25) is 6.41 Å². The van der Waals surface area contributed by atoms with Crippen LogP contribution in [-0.2, 0) is 10.3 Å². The maximum atomic E-state index is 10.7. The van der Waals surface area contributed by atoms with Crippen LogP contribution >= 0.6 is 0 Å². The van der Waals surface area contributed by atoms with Crippen molar-refractivity contribution in [2.24, 2.45) is 0 Å². The molecular weight excluding hydrogens is 212 g/mol. The number of nitrogens with zero attached hydrogens (tertiary/aromatic N) is 1. The molecule has 1 heterocycles. The number of carbonyl (C=O) groups excluding carboxylic acids is 1. The number of hydrogen-bond acceptors (Lipinski definition) is 2. The molecule has 17 heavy (non-hydrogen) atoms. The van der Waals surface area contributed by atoms with Crippen molar-refractivity contribution in [3.8, 4) is 0 Å². The lowest BCUT2D eigenvalue weighted by molar-refractivity contribution is -0.111. The van der Waals surface area contributed by atoms with Crippen LogP contribution in [0.3, 0.4) is 0 Å². The molecule has 3 heteroatoms. The van der Waals surface area contributed by atoms with Crippen LogP contribution in [0.1, 0.15) is 25.1 Å². The average Bonchev–Trinajstić information content (AvgIpc) is 2.29. The highest BCUT2D eigenvalue weighted by atomic mass is 16.1. The van der Waals surface area contributed by atoms with E-state index in [9.17, 15) is 4.79 Å². The fourth-order valence-corrected chi connectivity index (χ4v) is 2.06. The molecule has 1 amide bonds. The average molecular weight is 228 g/mol. The van der Waals surface area contributed by atoms with E-state index in [0.717, 1.165) is 28.4 Å². The van der Waals surface area contributed by atoms with Gasteiger partial charge in [0.1, 0.15) is 0 Å². The van der Waals surface area contributed by atoms with E-state index in [0.29, 0.717) is 0 Å². The number of fused-ring (bicyclic) bond motifs is 1. The van der Waals surface area contributed by atoms with Crippen molar-refractivity contribution in [3.63, 3.8) is 0 Å². The molecule has 1 aromatic carbocycles. The maximum Gasteiger partial charge on any atom is 0.207 e. The molecule has 0 aliphatic carbocycles. The first kappa shape index (κ1) is 11.6. The fraction of sp³-hybridized carbons (Fsp3) is 0.286. The summed E-state index contributed by atoms with van der Waals surface area (Å²) in [6, 6.07) is 8.12. The maximum absolute atomic E-state index is 10.7. The van der Waals surface area contributed by atoms with Gasteiger partial charge in [-0.05, 0) is 26.2 Å². The molecule has 0 saturated heterocycles. The number of aryl methyl sites for hydroxylation is 1. The van der Waals surface area contributed by atoms with Gasteiger partial charge in [0.15, 0.2) is 0 Å². The van der Waals surface area contributed by atoms with Crippen LogP contribution in [0.2, 0.25) is 0 Å². The minimum absolute atomic E-state index is 0.415. The summed E-state index contributed by atoms with van der Waals surface area (Å²) in [7, 11) is 0. The largest absolute Gasteiger partial charge is 0.350 e. The number of benzene rings is 1. The second kappa shape index (κ2) is 4.17. The summed E-state index contributed by atoms with van der Waals surface area (Å²) >= 11 is 0. The van der Waals surface area contributed by atoms with Crippen LogP contribution in [0, 0.1) is 6.92 Å². The van der Waals surface area contributed by atoms with E-state index >= 15 is 0 Å². The van der Waals surface area contributed by atoms with Gasteiger partial charge in [0, 0.05) is 22.8 Å². The Balaban J connectivity index is 2.71. The third-order valence-electron chi connectivity index (χ3n) is 3.09. The quantitative estimate of drug-likeness (QED) is 0.820. The first-order valence-corrected chi connectivity index (χ1v) is 5.62. The van der Waals surface area contributed by atoms with E-state index in [1.807, 2.05) is 39.1 Å². The van der Waals surface area contributed by atoms with Gasteiger partial charge in [-0.2, -0.15) is 0 Å². The number of nitrogens with one attached hydrogen (secondary N) is 1. The molecule has 0 spiro atoms. The van der Waals surface area contributed by atoms with Crippen LogP contribution in [0.5, 0.6) is 0 Å². The second-order valence-corrected chi connectivity index (χ2v) is 4.69. The first-order valence-electron chi connectivity index (χ1n) is 5.62. The lowest BCUT2D eigenvalue weighted by Crippen LogP contribution is -2.35. The number of carbonyl (C=O) groups is 1. The van der Waals surface area contributed by atoms with Gasteiger partial charge >= 0.3 is 0 Å². The van der Waals surface area contributed by atoms with E-state index in [2.05, 4.69) is 22.4 Å². The van der Waals surface area contributed by atoms with Crippen molar-refractivity contribution in [1.29, 1.82) is 0 Å². The number of hydrogen-bond donors (Lipinski definition) is 1. The highest BCUT2D eigenvalue weighted by Crippen LogP contribution is 2.28. The summed E-state index contributed by atoms with van der Waals surface area (Å²) in [5.41, 5.74) is 1.62. The van der Waals surface area contributed by atoms with Crippen molar-refractivity contribution in [3.05, 3.63) is 41.7 Å². The molecule has 2 aromatic rings. The fourth-order valence-electron chi connectivity index (χ4n) is 2.06. The van der Waals surface area contributed by atoms with Crippen LogP contribution in [-0.4, -0.2) is 11.4 Å². The zero-order valence-corrected chi connectivity index (χ0v) is 10.3. The molecule has 88 valence electrons. The van der Waals surface area contributed by atoms with Crippen LogP contribution < -0.4 is 5.32 Å². The molecule has 0 aliphatic rings. The normalized spacial score (nSPS) is 11.5.